The molecule has 0 aliphatic heterocycles. The first-order valence-electron chi connectivity index (χ1n) is 5.02. The van der Waals surface area contributed by atoms with Crippen LogP contribution in [0.2, 0.25) is 0 Å². The van der Waals surface area contributed by atoms with E-state index in [-0.39, 0.29) is 5.75 Å². The minimum absolute atomic E-state index is 0.251. The molecule has 84 valence electrons. The molecule has 1 nitrogen and oxygen atoms in total. The summed E-state index contributed by atoms with van der Waals surface area (Å²) in [5.41, 5.74) is 1.99. The quantitative estimate of drug-likeness (QED) is 0.740. The third-order valence-corrected chi connectivity index (χ3v) is 1.98. The van der Waals surface area contributed by atoms with Crippen molar-refractivity contribution in [3.8, 4) is 5.75 Å². The zero-order valence-corrected chi connectivity index (χ0v) is 9.26. The second kappa shape index (κ2) is 5.10. The van der Waals surface area contributed by atoms with Crippen molar-refractivity contribution in [2.24, 2.45) is 5.92 Å². The number of hydrogen-bond acceptors (Lipinski definition) is 1. The maximum atomic E-state index is 12.0. The molecule has 0 heterocycles. The van der Waals surface area contributed by atoms with Gasteiger partial charge in [-0.3, -0.25) is 0 Å². The van der Waals surface area contributed by atoms with Crippen LogP contribution in [0.5, 0.6) is 5.75 Å². The van der Waals surface area contributed by atoms with Crippen LogP contribution in [0.3, 0.4) is 0 Å². The Kier molecular flexibility index (Phi) is 4.06. The third kappa shape index (κ3) is 4.28. The second-order valence-corrected chi connectivity index (χ2v) is 4.13. The van der Waals surface area contributed by atoms with Crippen molar-refractivity contribution < 1.29 is 13.5 Å². The van der Waals surface area contributed by atoms with Crippen molar-refractivity contribution in [1.29, 1.82) is 0 Å². The zero-order chi connectivity index (χ0) is 11.4. The van der Waals surface area contributed by atoms with E-state index in [0.717, 1.165) is 17.5 Å². The van der Waals surface area contributed by atoms with E-state index in [1.807, 2.05) is 13.0 Å². The fraction of sp³-hybridized carbons (Fsp3) is 0.500. The first kappa shape index (κ1) is 12.0. The van der Waals surface area contributed by atoms with Crippen LogP contribution in [0.15, 0.2) is 18.2 Å². The van der Waals surface area contributed by atoms with E-state index < -0.39 is 6.61 Å². The van der Waals surface area contributed by atoms with Gasteiger partial charge in [0, 0.05) is 0 Å². The molecule has 0 N–H and O–H groups in total. The molecule has 1 aromatic carbocycles. The summed E-state index contributed by atoms with van der Waals surface area (Å²) in [6.07, 6.45) is 0.876. The van der Waals surface area contributed by atoms with Gasteiger partial charge in [-0.25, -0.2) is 0 Å². The van der Waals surface area contributed by atoms with Crippen molar-refractivity contribution in [2.75, 3.05) is 0 Å². The minimum Gasteiger partial charge on any atom is -0.435 e. The van der Waals surface area contributed by atoms with E-state index >= 15 is 0 Å². The van der Waals surface area contributed by atoms with Crippen LogP contribution in [0.25, 0.3) is 0 Å². The summed E-state index contributed by atoms with van der Waals surface area (Å²) in [6, 6.07) is 5.30. The van der Waals surface area contributed by atoms with Crippen molar-refractivity contribution in [3.63, 3.8) is 0 Å². The zero-order valence-electron chi connectivity index (χ0n) is 9.26. The van der Waals surface area contributed by atoms with Gasteiger partial charge in [0.1, 0.15) is 5.75 Å². The lowest BCUT2D eigenvalue weighted by atomic mass is 10.0. The fourth-order valence-electron chi connectivity index (χ4n) is 1.58. The molecule has 0 aromatic heterocycles. The summed E-state index contributed by atoms with van der Waals surface area (Å²) in [6.45, 7) is 3.31. The maximum absolute atomic E-state index is 12.0. The fourth-order valence-corrected chi connectivity index (χ4v) is 1.58. The van der Waals surface area contributed by atoms with Crippen molar-refractivity contribution >= 4 is 0 Å². The molecule has 0 amide bonds. The number of aryl methyl sites for hydroxylation is 1. The summed E-state index contributed by atoms with van der Waals surface area (Å²) >= 11 is 0. The number of ether oxygens (including phenoxy) is 1. The largest absolute Gasteiger partial charge is 0.435 e. The summed E-state index contributed by atoms with van der Waals surface area (Å²) < 4.78 is 28.4. The Bertz CT molecular complexity index is 293. The van der Waals surface area contributed by atoms with E-state index in [9.17, 15) is 8.78 Å². The highest BCUT2D eigenvalue weighted by Gasteiger charge is 2.06. The molecule has 3 heteroatoms. The molecular weight excluding hydrogens is 198 g/mol. The van der Waals surface area contributed by atoms with Gasteiger partial charge in [0.05, 0.1) is 0 Å². The van der Waals surface area contributed by atoms with E-state index in [1.54, 1.807) is 12.1 Å². The minimum atomic E-state index is -2.75. The average Bonchev–Trinajstić information content (AvgIpc) is 1.98. The molecule has 0 radical (unpaired) electrons. The Hall–Kier alpha value is -1.12. The van der Waals surface area contributed by atoms with Gasteiger partial charge in [0.2, 0.25) is 0 Å². The summed E-state index contributed by atoms with van der Waals surface area (Å²) in [7, 11) is 0. The van der Waals surface area contributed by atoms with E-state index in [1.165, 1.54) is 0 Å². The molecule has 0 spiro atoms. The molecule has 1 rings (SSSR count). The van der Waals surface area contributed by atoms with Gasteiger partial charge in [-0.1, -0.05) is 19.9 Å². The third-order valence-electron chi connectivity index (χ3n) is 1.98. The Morgan fingerprint density at radius 3 is 2.40 bits per heavy atom. The number of hydrogen-bond donors (Lipinski definition) is 0. The van der Waals surface area contributed by atoms with E-state index in [2.05, 4.69) is 18.6 Å². The summed E-state index contributed by atoms with van der Waals surface area (Å²) in [4.78, 5) is 0. The highest BCUT2D eigenvalue weighted by Crippen LogP contribution is 2.20. The highest BCUT2D eigenvalue weighted by molar-refractivity contribution is 5.34. The van der Waals surface area contributed by atoms with Crippen molar-refractivity contribution in [2.45, 2.75) is 33.8 Å². The molecule has 0 atom stereocenters. The number of rotatable bonds is 4. The Morgan fingerprint density at radius 1 is 1.20 bits per heavy atom. The summed E-state index contributed by atoms with van der Waals surface area (Å²) in [5, 5.41) is 0. The molecule has 1 aromatic rings. The molecule has 15 heavy (non-hydrogen) atoms. The summed E-state index contributed by atoms with van der Waals surface area (Å²) in [5.74, 6) is 0.756. The van der Waals surface area contributed by atoms with Crippen LogP contribution in [0.4, 0.5) is 8.78 Å². The lowest BCUT2D eigenvalue weighted by Gasteiger charge is -2.10. The van der Waals surface area contributed by atoms with Crippen LogP contribution >= 0.6 is 0 Å². The Balaban J connectivity index is 2.84. The van der Waals surface area contributed by atoms with Gasteiger partial charge >= 0.3 is 6.61 Å². The molecule has 0 aliphatic carbocycles. The predicted molar refractivity (Wildman–Crippen MR) is 56.4 cm³/mol. The molecule has 0 saturated carbocycles. The topological polar surface area (TPSA) is 9.23 Å². The van der Waals surface area contributed by atoms with Crippen LogP contribution in [-0.2, 0) is 6.42 Å². The lowest BCUT2D eigenvalue weighted by Crippen LogP contribution is -2.03. The van der Waals surface area contributed by atoms with E-state index in [4.69, 9.17) is 0 Å². The molecule has 0 saturated heterocycles. The Labute approximate surface area is 89.1 Å². The smallest absolute Gasteiger partial charge is 0.387 e. The van der Waals surface area contributed by atoms with Gasteiger partial charge in [0.25, 0.3) is 0 Å². The average molecular weight is 214 g/mol. The van der Waals surface area contributed by atoms with Gasteiger partial charge in [-0.15, -0.1) is 0 Å². The van der Waals surface area contributed by atoms with Gasteiger partial charge in [-0.2, -0.15) is 8.78 Å². The number of alkyl halides is 2. The van der Waals surface area contributed by atoms with E-state index in [0.29, 0.717) is 5.92 Å². The van der Waals surface area contributed by atoms with Gasteiger partial charge in [-0.05, 0) is 42.5 Å². The van der Waals surface area contributed by atoms with Crippen molar-refractivity contribution in [3.05, 3.63) is 29.3 Å². The van der Waals surface area contributed by atoms with Crippen LogP contribution in [0, 0.1) is 12.8 Å². The SMILES string of the molecule is Cc1cc(CC(C)C)cc(OC(F)F)c1. The molecule has 0 bridgehead atoms. The molecular formula is C12H16F2O. The standard InChI is InChI=1S/C12H16F2O/c1-8(2)4-10-5-9(3)6-11(7-10)15-12(13)14/h5-8,12H,4H2,1-3H3. The normalized spacial score (nSPS) is 11.1. The van der Waals surface area contributed by atoms with Gasteiger partial charge < -0.3 is 4.74 Å². The highest BCUT2D eigenvalue weighted by atomic mass is 19.3. The maximum Gasteiger partial charge on any atom is 0.387 e. The molecule has 0 aliphatic rings. The van der Waals surface area contributed by atoms with Gasteiger partial charge in [0.15, 0.2) is 0 Å². The van der Waals surface area contributed by atoms with Crippen LogP contribution < -0.4 is 4.74 Å². The first-order chi connectivity index (χ1) is 6.97. The predicted octanol–water partition coefficient (Wildman–Crippen LogP) is 3.79. The number of benzene rings is 1. The van der Waals surface area contributed by atoms with Crippen LogP contribution in [0.1, 0.15) is 25.0 Å². The van der Waals surface area contributed by atoms with Crippen LogP contribution in [-0.4, -0.2) is 6.61 Å². The first-order valence-corrected chi connectivity index (χ1v) is 5.02. The Morgan fingerprint density at radius 2 is 1.87 bits per heavy atom. The monoisotopic (exact) mass is 214 g/mol. The molecule has 0 unspecified atom stereocenters. The number of halogens is 2. The lowest BCUT2D eigenvalue weighted by molar-refractivity contribution is -0.0499. The second-order valence-electron chi connectivity index (χ2n) is 4.13. The molecule has 0 fully saturated rings. The van der Waals surface area contributed by atoms with Crippen molar-refractivity contribution in [1.82, 2.24) is 0 Å².